The molecule has 0 aliphatic carbocycles. The van der Waals surface area contributed by atoms with Crippen LogP contribution in [0.2, 0.25) is 11.4 Å². The second-order valence-electron chi connectivity index (χ2n) is 12.9. The molecule has 0 unspecified atom stereocenters. The van der Waals surface area contributed by atoms with Crippen molar-refractivity contribution < 1.29 is 32.0 Å². The summed E-state index contributed by atoms with van der Waals surface area (Å²) in [4.78, 5) is 0. The summed E-state index contributed by atoms with van der Waals surface area (Å²) < 4.78 is 53.9. The number of hydrogen-bond acceptors (Lipinski definition) is 6. The summed E-state index contributed by atoms with van der Waals surface area (Å²) in [5.74, 6) is -1.23. The molecule has 0 spiro atoms. The summed E-state index contributed by atoms with van der Waals surface area (Å²) in [7, 11) is -7.65. The van der Waals surface area contributed by atoms with Gasteiger partial charge in [-0.05, 0) is 64.0 Å². The highest BCUT2D eigenvalue weighted by atomic mass is 32.2. The van der Waals surface area contributed by atoms with Gasteiger partial charge in [-0.1, -0.05) is 99.2 Å². The molecule has 232 valence electrons. The van der Waals surface area contributed by atoms with Crippen molar-refractivity contribution in [3.63, 3.8) is 0 Å². The lowest BCUT2D eigenvalue weighted by Crippen LogP contribution is -2.66. The Kier molecular flexibility index (Phi) is 9.40. The van der Waals surface area contributed by atoms with Crippen molar-refractivity contribution in [1.82, 2.24) is 0 Å². The molecule has 2 aliphatic heterocycles. The normalized spacial score (nSPS) is 20.6. The Morgan fingerprint density at radius 3 is 2.25 bits per heavy atom. The third kappa shape index (κ3) is 6.50. The number of rotatable bonds is 9. The molecule has 3 aromatic rings. The molecule has 2 heterocycles. The first kappa shape index (κ1) is 32.4. The minimum Gasteiger partial charge on any atom is -0.505 e. The van der Waals surface area contributed by atoms with E-state index in [1.807, 2.05) is 49.4 Å². The van der Waals surface area contributed by atoms with Gasteiger partial charge in [0, 0.05) is 6.32 Å². The molecule has 6 nitrogen and oxygen atoms in total. The van der Waals surface area contributed by atoms with E-state index in [4.69, 9.17) is 9.08 Å². The molecule has 44 heavy (non-hydrogen) atoms. The van der Waals surface area contributed by atoms with Crippen LogP contribution in [0.25, 0.3) is 6.08 Å². The Morgan fingerprint density at radius 2 is 1.68 bits per heavy atom. The maximum absolute atomic E-state index is 13.9. The Bertz CT molecular complexity index is 1610. The van der Waals surface area contributed by atoms with Crippen LogP contribution in [0, 0.1) is 5.82 Å². The number of benzene rings is 3. The number of allylic oxidation sites excluding steroid dienone is 1. The predicted molar refractivity (Wildman–Crippen MR) is 177 cm³/mol. The highest BCUT2D eigenvalue weighted by molar-refractivity contribution is 7.92. The Balaban J connectivity index is 1.48. The van der Waals surface area contributed by atoms with Gasteiger partial charge in [-0.3, -0.25) is 0 Å². The molecule has 10 heteroatoms. The fourth-order valence-corrected chi connectivity index (χ4v) is 13.3. The fraction of sp³-hybridized carbons (Fsp3) is 0.353. The molecule has 0 bridgehead atoms. The highest BCUT2D eigenvalue weighted by Gasteiger charge is 2.52. The van der Waals surface area contributed by atoms with E-state index in [0.29, 0.717) is 29.6 Å². The zero-order valence-corrected chi connectivity index (χ0v) is 27.5. The fourth-order valence-electron chi connectivity index (χ4n) is 6.69. The first-order valence-electron chi connectivity index (χ1n) is 15.0. The minimum absolute atomic E-state index is 0.00150. The highest BCUT2D eigenvalue weighted by Crippen LogP contribution is 2.42. The van der Waals surface area contributed by atoms with E-state index < -0.39 is 48.2 Å². The summed E-state index contributed by atoms with van der Waals surface area (Å²) in [5.41, 5.74) is 2.96. The van der Waals surface area contributed by atoms with Crippen LogP contribution in [0.3, 0.4) is 0 Å². The van der Waals surface area contributed by atoms with Gasteiger partial charge in [0.2, 0.25) is 0 Å². The van der Waals surface area contributed by atoms with Crippen molar-refractivity contribution >= 4 is 41.7 Å². The minimum atomic E-state index is -3.55. The monoisotopic (exact) mass is 634 g/mol. The third-order valence-electron chi connectivity index (χ3n) is 8.71. The molecular formula is C34H40BFO6SSi. The molecule has 0 aromatic heterocycles. The van der Waals surface area contributed by atoms with Crippen LogP contribution in [0.4, 0.5) is 4.39 Å². The second-order valence-corrected chi connectivity index (χ2v) is 19.4. The van der Waals surface area contributed by atoms with Gasteiger partial charge in [0.15, 0.2) is 21.4 Å². The van der Waals surface area contributed by atoms with Crippen molar-refractivity contribution in [1.29, 1.82) is 0 Å². The maximum atomic E-state index is 13.9. The van der Waals surface area contributed by atoms with Gasteiger partial charge < -0.3 is 19.2 Å². The Morgan fingerprint density at radius 1 is 1.07 bits per heavy atom. The number of phenols is 1. The first-order valence-corrected chi connectivity index (χ1v) is 18.6. The van der Waals surface area contributed by atoms with Crippen LogP contribution in [-0.2, 0) is 18.9 Å². The molecule has 2 atom stereocenters. The number of halogens is 1. The molecule has 1 saturated heterocycles. The van der Waals surface area contributed by atoms with E-state index in [1.165, 1.54) is 12.1 Å². The van der Waals surface area contributed by atoms with Crippen molar-refractivity contribution in [2.75, 3.05) is 12.4 Å². The molecule has 0 saturated carbocycles. The second kappa shape index (κ2) is 12.8. The van der Waals surface area contributed by atoms with Crippen LogP contribution in [0.1, 0.15) is 46.1 Å². The summed E-state index contributed by atoms with van der Waals surface area (Å²) in [5, 5.41) is 21.2. The van der Waals surface area contributed by atoms with E-state index in [2.05, 4.69) is 45.0 Å². The molecule has 0 amide bonds. The summed E-state index contributed by atoms with van der Waals surface area (Å²) in [6.07, 6.45) is 2.21. The van der Waals surface area contributed by atoms with Gasteiger partial charge in [0.25, 0.3) is 8.32 Å². The smallest absolute Gasteiger partial charge is 0.456 e. The Hall–Kier alpha value is -3.02. The molecule has 2 aliphatic rings. The van der Waals surface area contributed by atoms with Crippen LogP contribution >= 0.6 is 0 Å². The predicted octanol–water partition coefficient (Wildman–Crippen LogP) is 5.26. The third-order valence-corrected chi connectivity index (χ3v) is 15.8. The molecule has 5 rings (SSSR count). The average Bonchev–Trinajstić information content (AvgIpc) is 3.23. The van der Waals surface area contributed by atoms with Gasteiger partial charge in [-0.15, -0.1) is 0 Å². The van der Waals surface area contributed by atoms with Gasteiger partial charge in [0.1, 0.15) is 0 Å². The van der Waals surface area contributed by atoms with Gasteiger partial charge in [-0.2, -0.15) is 0 Å². The van der Waals surface area contributed by atoms with Crippen LogP contribution in [0.5, 0.6) is 5.75 Å². The van der Waals surface area contributed by atoms with E-state index >= 15 is 0 Å². The topological polar surface area (TPSA) is 93.1 Å². The van der Waals surface area contributed by atoms with Crippen LogP contribution < -0.4 is 10.4 Å². The number of hydrogen-bond donors (Lipinski definition) is 2. The summed E-state index contributed by atoms with van der Waals surface area (Å²) >= 11 is 0. The zero-order valence-electron chi connectivity index (χ0n) is 25.7. The van der Waals surface area contributed by atoms with E-state index in [-0.39, 0.29) is 23.7 Å². The quantitative estimate of drug-likeness (QED) is 0.247. The van der Waals surface area contributed by atoms with Gasteiger partial charge >= 0.3 is 7.12 Å². The van der Waals surface area contributed by atoms with Crippen LogP contribution in [0.15, 0.2) is 95.6 Å². The largest absolute Gasteiger partial charge is 0.505 e. The van der Waals surface area contributed by atoms with Crippen LogP contribution in [-0.4, -0.2) is 57.7 Å². The number of phenolic OH excluding ortho intramolecular Hbond substituents is 1. The summed E-state index contributed by atoms with van der Waals surface area (Å²) in [6, 6.07) is 24.7. The zero-order chi connectivity index (χ0) is 31.7. The van der Waals surface area contributed by atoms with Gasteiger partial charge in [-0.25, -0.2) is 12.8 Å². The number of aromatic hydroxyl groups is 1. The molecule has 3 aromatic carbocycles. The van der Waals surface area contributed by atoms with Gasteiger partial charge in [0.05, 0.1) is 23.7 Å². The maximum Gasteiger partial charge on any atom is 0.456 e. The van der Waals surface area contributed by atoms with Crippen molar-refractivity contribution in [3.05, 3.63) is 107 Å². The van der Waals surface area contributed by atoms with E-state index in [1.54, 1.807) is 6.07 Å². The number of fused-ring (bicyclic) bond motifs is 1. The van der Waals surface area contributed by atoms with Crippen molar-refractivity contribution in [2.45, 2.75) is 63.2 Å². The first-order chi connectivity index (χ1) is 20.8. The SMILES string of the molecule is C/C(=C\c1ccc(O)c(F)c1)CC[C@H]1OB(O)C[C@H]2C1=C(CO[Si](c1ccccc1)(c1ccccc1)C(C)(C)C)CS2(=O)=O. The molecule has 0 radical (unpaired) electrons. The molecule has 2 N–H and O–H groups in total. The van der Waals surface area contributed by atoms with Crippen molar-refractivity contribution in [2.24, 2.45) is 0 Å². The molecule has 1 fully saturated rings. The van der Waals surface area contributed by atoms with E-state index in [9.17, 15) is 22.9 Å². The summed E-state index contributed by atoms with van der Waals surface area (Å²) in [6.45, 7) is 8.61. The van der Waals surface area contributed by atoms with Crippen molar-refractivity contribution in [3.8, 4) is 5.75 Å². The van der Waals surface area contributed by atoms with E-state index in [0.717, 1.165) is 15.9 Å². The lowest BCUT2D eigenvalue weighted by Gasteiger charge is -2.43. The average molecular weight is 635 g/mol. The lowest BCUT2D eigenvalue weighted by atomic mass is 9.74. The Labute approximate surface area is 261 Å². The molecular weight excluding hydrogens is 594 g/mol. The lowest BCUT2D eigenvalue weighted by molar-refractivity contribution is 0.168. The number of sulfone groups is 1. The standard InChI is InChI=1S/C34H40BFO6SSi/c1-24(19-25-16-17-30(37)29(36)20-25)15-18-31-33-26(23-43(39,40)32(33)21-35(38)42-31)22-41-44(34(2,3)4,27-11-7-5-8-12-27)28-13-9-6-10-14-28/h5-14,16-17,19-20,31-32,37-38H,15,18,21-23H2,1-4H3/b24-19+/t31-,32+/m1/s1.